The number of fused-ring (bicyclic) bond motifs is 2. The van der Waals surface area contributed by atoms with E-state index in [1.807, 2.05) is 12.1 Å². The number of ether oxygens (including phenoxy) is 3. The lowest BCUT2D eigenvalue weighted by atomic mass is 9.83. The summed E-state index contributed by atoms with van der Waals surface area (Å²) in [5.74, 6) is 4.40. The maximum atomic E-state index is 6.87. The third-order valence-corrected chi connectivity index (χ3v) is 5.74. The van der Waals surface area contributed by atoms with Crippen molar-refractivity contribution >= 4 is 11.6 Å². The van der Waals surface area contributed by atoms with Crippen molar-refractivity contribution in [3.05, 3.63) is 17.7 Å². The fraction of sp³-hybridized carbons (Fsp3) is 0.647. The first-order valence-corrected chi connectivity index (χ1v) is 8.05. The van der Waals surface area contributed by atoms with Crippen molar-refractivity contribution in [2.45, 2.75) is 31.1 Å². The highest BCUT2D eigenvalue weighted by molar-refractivity contribution is 6.21. The summed E-state index contributed by atoms with van der Waals surface area (Å²) in [5, 5.41) is -0.0592. The van der Waals surface area contributed by atoms with Crippen LogP contribution in [0.5, 0.6) is 17.2 Å². The first-order chi connectivity index (χ1) is 10.2. The van der Waals surface area contributed by atoms with Gasteiger partial charge in [-0.25, -0.2) is 0 Å². The van der Waals surface area contributed by atoms with Gasteiger partial charge in [-0.1, -0.05) is 6.42 Å². The Balaban J connectivity index is 1.96. The first-order valence-electron chi connectivity index (χ1n) is 7.61. The van der Waals surface area contributed by atoms with E-state index >= 15 is 0 Å². The molecular weight excluding hydrogens is 288 g/mol. The average molecular weight is 311 g/mol. The van der Waals surface area contributed by atoms with E-state index in [2.05, 4.69) is 0 Å². The van der Waals surface area contributed by atoms with E-state index in [4.69, 9.17) is 25.8 Å². The molecule has 4 heteroatoms. The van der Waals surface area contributed by atoms with Gasteiger partial charge in [0, 0.05) is 12.1 Å². The topological polar surface area (TPSA) is 27.7 Å². The van der Waals surface area contributed by atoms with Gasteiger partial charge in [-0.2, -0.15) is 0 Å². The summed E-state index contributed by atoms with van der Waals surface area (Å²) >= 11 is 6.87. The van der Waals surface area contributed by atoms with Gasteiger partial charge in [0.2, 0.25) is 0 Å². The van der Waals surface area contributed by atoms with Crippen molar-refractivity contribution in [2.24, 2.45) is 17.8 Å². The van der Waals surface area contributed by atoms with Gasteiger partial charge in [-0.05, 0) is 37.0 Å². The monoisotopic (exact) mass is 310 g/mol. The highest BCUT2D eigenvalue weighted by atomic mass is 35.5. The van der Waals surface area contributed by atoms with Crippen LogP contribution in [-0.4, -0.2) is 21.3 Å². The number of rotatable bonds is 5. The van der Waals surface area contributed by atoms with Crippen molar-refractivity contribution < 1.29 is 14.2 Å². The van der Waals surface area contributed by atoms with Gasteiger partial charge in [-0.3, -0.25) is 0 Å². The van der Waals surface area contributed by atoms with Crippen molar-refractivity contribution in [3.8, 4) is 17.2 Å². The molecule has 0 saturated heterocycles. The second-order valence-corrected chi connectivity index (χ2v) is 6.66. The van der Waals surface area contributed by atoms with E-state index in [0.29, 0.717) is 5.92 Å². The van der Waals surface area contributed by atoms with Crippen LogP contribution in [0.2, 0.25) is 0 Å². The van der Waals surface area contributed by atoms with Gasteiger partial charge < -0.3 is 14.2 Å². The highest BCUT2D eigenvalue weighted by Crippen LogP contribution is 2.56. The maximum Gasteiger partial charge on any atom is 0.130 e. The van der Waals surface area contributed by atoms with Gasteiger partial charge in [0.15, 0.2) is 0 Å². The highest BCUT2D eigenvalue weighted by Gasteiger charge is 2.44. The second-order valence-electron chi connectivity index (χ2n) is 6.19. The third kappa shape index (κ3) is 2.57. The van der Waals surface area contributed by atoms with Gasteiger partial charge >= 0.3 is 0 Å². The van der Waals surface area contributed by atoms with E-state index in [9.17, 15) is 0 Å². The molecule has 0 aromatic heterocycles. The van der Waals surface area contributed by atoms with Crippen LogP contribution in [0.15, 0.2) is 12.1 Å². The number of alkyl halides is 1. The number of hydrogen-bond acceptors (Lipinski definition) is 3. The van der Waals surface area contributed by atoms with Crippen LogP contribution in [-0.2, 0) is 0 Å². The molecule has 0 aliphatic heterocycles. The molecule has 0 spiro atoms. The molecule has 0 radical (unpaired) electrons. The average Bonchev–Trinajstić information content (AvgIpc) is 3.15. The molecular formula is C17H23ClO3. The molecule has 21 heavy (non-hydrogen) atoms. The Labute approximate surface area is 131 Å². The Bertz CT molecular complexity index is 492. The summed E-state index contributed by atoms with van der Waals surface area (Å²) in [7, 11) is 4.98. The minimum absolute atomic E-state index is 0.0592. The molecule has 2 aliphatic carbocycles. The molecule has 2 saturated carbocycles. The van der Waals surface area contributed by atoms with Crippen molar-refractivity contribution in [1.29, 1.82) is 0 Å². The molecule has 0 N–H and O–H groups in total. The zero-order valence-corrected chi connectivity index (χ0v) is 13.7. The summed E-state index contributed by atoms with van der Waals surface area (Å²) in [4.78, 5) is 0. The lowest BCUT2D eigenvalue weighted by Crippen LogP contribution is -2.17. The minimum Gasteiger partial charge on any atom is -0.496 e. The molecule has 3 rings (SSSR count). The number of benzene rings is 1. The molecule has 2 fully saturated rings. The smallest absolute Gasteiger partial charge is 0.130 e. The lowest BCUT2D eigenvalue weighted by Gasteiger charge is -2.28. The van der Waals surface area contributed by atoms with Gasteiger partial charge in [0.25, 0.3) is 0 Å². The third-order valence-electron chi connectivity index (χ3n) is 5.20. The van der Waals surface area contributed by atoms with Crippen LogP contribution >= 0.6 is 11.6 Å². The van der Waals surface area contributed by atoms with Gasteiger partial charge in [0.05, 0.1) is 32.3 Å². The SMILES string of the molecule is COc1cc(OC)c(C(Cl)C2CC3CCC2C3)c(OC)c1. The number of hydrogen-bond donors (Lipinski definition) is 0. The maximum absolute atomic E-state index is 6.87. The van der Waals surface area contributed by atoms with E-state index in [1.54, 1.807) is 21.3 Å². The van der Waals surface area contributed by atoms with Crippen LogP contribution in [0.3, 0.4) is 0 Å². The summed E-state index contributed by atoms with van der Waals surface area (Å²) < 4.78 is 16.4. The molecule has 1 aromatic rings. The van der Waals surface area contributed by atoms with E-state index in [-0.39, 0.29) is 5.38 Å². The molecule has 2 aliphatic rings. The van der Waals surface area contributed by atoms with E-state index < -0.39 is 0 Å². The Morgan fingerprint density at radius 1 is 1.00 bits per heavy atom. The van der Waals surface area contributed by atoms with Crippen LogP contribution in [0.4, 0.5) is 0 Å². The zero-order valence-electron chi connectivity index (χ0n) is 12.9. The molecule has 0 heterocycles. The van der Waals surface area contributed by atoms with Crippen molar-refractivity contribution in [3.63, 3.8) is 0 Å². The van der Waals surface area contributed by atoms with E-state index in [0.717, 1.165) is 34.6 Å². The summed E-state index contributed by atoms with van der Waals surface area (Å²) in [6, 6.07) is 3.78. The van der Waals surface area contributed by atoms with Crippen LogP contribution < -0.4 is 14.2 Å². The molecule has 4 unspecified atom stereocenters. The zero-order chi connectivity index (χ0) is 15.0. The molecule has 116 valence electrons. The van der Waals surface area contributed by atoms with Crippen LogP contribution in [0.1, 0.15) is 36.6 Å². The number of methoxy groups -OCH3 is 3. The fourth-order valence-electron chi connectivity index (χ4n) is 4.17. The Morgan fingerprint density at radius 3 is 2.10 bits per heavy atom. The van der Waals surface area contributed by atoms with Crippen molar-refractivity contribution in [2.75, 3.05) is 21.3 Å². The standard InChI is InChI=1S/C17H23ClO3/c1-19-12-8-14(20-2)16(15(9-12)21-3)17(18)13-7-10-4-5-11(13)6-10/h8-11,13,17H,4-7H2,1-3H3. The second kappa shape index (κ2) is 5.96. The molecule has 0 amide bonds. The summed E-state index contributed by atoms with van der Waals surface area (Å²) in [5.41, 5.74) is 0.972. The van der Waals surface area contributed by atoms with Crippen LogP contribution in [0, 0.1) is 17.8 Å². The Kier molecular flexibility index (Phi) is 4.21. The quantitative estimate of drug-likeness (QED) is 0.753. The Hall–Kier alpha value is -1.09. The van der Waals surface area contributed by atoms with Gasteiger partial charge in [-0.15, -0.1) is 11.6 Å². The largest absolute Gasteiger partial charge is 0.496 e. The fourth-order valence-corrected chi connectivity index (χ4v) is 4.69. The molecule has 2 bridgehead atoms. The lowest BCUT2D eigenvalue weighted by molar-refractivity contribution is 0.308. The molecule has 1 aromatic carbocycles. The predicted molar refractivity (Wildman–Crippen MR) is 83.6 cm³/mol. The van der Waals surface area contributed by atoms with Gasteiger partial charge in [0.1, 0.15) is 17.2 Å². The Morgan fingerprint density at radius 2 is 1.67 bits per heavy atom. The van der Waals surface area contributed by atoms with Crippen molar-refractivity contribution in [1.82, 2.24) is 0 Å². The molecule has 3 nitrogen and oxygen atoms in total. The predicted octanol–water partition coefficient (Wildman–Crippen LogP) is 4.43. The van der Waals surface area contributed by atoms with Crippen LogP contribution in [0.25, 0.3) is 0 Å². The minimum atomic E-state index is -0.0592. The summed E-state index contributed by atoms with van der Waals surface area (Å²) in [6.45, 7) is 0. The number of halogens is 1. The molecule has 4 atom stereocenters. The summed E-state index contributed by atoms with van der Waals surface area (Å²) in [6.07, 6.45) is 5.27. The first kappa shape index (κ1) is 14.8. The normalized spacial score (nSPS) is 28.5. The van der Waals surface area contributed by atoms with E-state index in [1.165, 1.54) is 25.7 Å².